The van der Waals surface area contributed by atoms with E-state index >= 15 is 0 Å². The van der Waals surface area contributed by atoms with Gasteiger partial charge in [-0.2, -0.15) is 5.10 Å². The minimum Gasteiger partial charge on any atom is -0.478 e. The van der Waals surface area contributed by atoms with Crippen LogP contribution in [0.5, 0.6) is 0 Å². The Hall–Kier alpha value is -4.00. The molecule has 0 radical (unpaired) electrons. The van der Waals surface area contributed by atoms with Gasteiger partial charge < -0.3 is 5.11 Å². The van der Waals surface area contributed by atoms with Gasteiger partial charge in [-0.15, -0.1) is 0 Å². The Kier molecular flexibility index (Phi) is 4.33. The molecule has 0 aliphatic carbocycles. The van der Waals surface area contributed by atoms with Crippen molar-refractivity contribution in [1.82, 2.24) is 5.43 Å². The number of hydrazone groups is 1. The number of rotatable bonds is 5. The molecule has 28 heavy (non-hydrogen) atoms. The third-order valence-electron chi connectivity index (χ3n) is 4.51. The number of amides is 2. The molecule has 0 fully saturated rings. The predicted octanol–water partition coefficient (Wildman–Crippen LogP) is 2.65. The maximum absolute atomic E-state index is 12.7. The molecule has 0 saturated heterocycles. The minimum absolute atomic E-state index is 0.151. The molecule has 3 aromatic rings. The average molecular weight is 373 g/mol. The highest BCUT2D eigenvalue weighted by molar-refractivity contribution is 6.26. The van der Waals surface area contributed by atoms with Crippen molar-refractivity contribution >= 4 is 40.5 Å². The van der Waals surface area contributed by atoms with Gasteiger partial charge in [0.05, 0.1) is 17.5 Å². The number of carbonyl (C=O) groups excluding carboxylic acids is 2. The number of hydrogen-bond acceptors (Lipinski definition) is 4. The van der Waals surface area contributed by atoms with Gasteiger partial charge >= 0.3 is 5.97 Å². The van der Waals surface area contributed by atoms with Crippen LogP contribution >= 0.6 is 0 Å². The molecular formula is C21H15N3O4. The van der Waals surface area contributed by atoms with Crippen LogP contribution in [0.4, 0.5) is 5.69 Å². The summed E-state index contributed by atoms with van der Waals surface area (Å²) >= 11 is 0. The summed E-state index contributed by atoms with van der Waals surface area (Å²) in [5.74, 6) is -1.66. The Balaban J connectivity index is 1.44. The highest BCUT2D eigenvalue weighted by Gasteiger charge is 2.30. The van der Waals surface area contributed by atoms with E-state index in [4.69, 9.17) is 5.11 Å². The zero-order valence-electron chi connectivity index (χ0n) is 14.6. The van der Waals surface area contributed by atoms with Crippen molar-refractivity contribution in [3.63, 3.8) is 0 Å². The van der Waals surface area contributed by atoms with Crippen LogP contribution in [-0.4, -0.2) is 35.6 Å². The third kappa shape index (κ3) is 3.09. The summed E-state index contributed by atoms with van der Waals surface area (Å²) in [6.45, 7) is -0.151. The van der Waals surface area contributed by atoms with Crippen molar-refractivity contribution in [1.29, 1.82) is 0 Å². The summed E-state index contributed by atoms with van der Waals surface area (Å²) in [5.41, 5.74) is 4.50. The molecule has 1 aliphatic heterocycles. The summed E-state index contributed by atoms with van der Waals surface area (Å²) in [6, 6.07) is 17.2. The summed E-state index contributed by atoms with van der Waals surface area (Å²) in [7, 11) is 0. The van der Waals surface area contributed by atoms with Crippen LogP contribution in [0.3, 0.4) is 0 Å². The number of nitrogens with zero attached hydrogens (tertiary/aromatic N) is 2. The van der Waals surface area contributed by atoms with Crippen molar-refractivity contribution in [2.24, 2.45) is 5.10 Å². The number of nitrogens with one attached hydrogen (secondary N) is 1. The maximum atomic E-state index is 12.7. The van der Waals surface area contributed by atoms with E-state index in [-0.39, 0.29) is 18.0 Å². The summed E-state index contributed by atoms with van der Waals surface area (Å²) < 4.78 is 0. The largest absolute Gasteiger partial charge is 0.478 e. The summed E-state index contributed by atoms with van der Waals surface area (Å²) in [4.78, 5) is 37.2. The van der Waals surface area contributed by atoms with Gasteiger partial charge in [0.1, 0.15) is 6.54 Å². The molecule has 7 nitrogen and oxygen atoms in total. The predicted molar refractivity (Wildman–Crippen MR) is 105 cm³/mol. The Labute approximate surface area is 159 Å². The van der Waals surface area contributed by atoms with E-state index in [2.05, 4.69) is 10.5 Å². The molecule has 2 amide bonds. The third-order valence-corrected chi connectivity index (χ3v) is 4.51. The van der Waals surface area contributed by atoms with Crippen molar-refractivity contribution in [3.8, 4) is 0 Å². The summed E-state index contributed by atoms with van der Waals surface area (Å²) in [6.07, 6.45) is 1.41. The van der Waals surface area contributed by atoms with Gasteiger partial charge in [0.25, 0.3) is 11.8 Å². The van der Waals surface area contributed by atoms with E-state index in [9.17, 15) is 14.4 Å². The molecule has 4 rings (SSSR count). The lowest BCUT2D eigenvalue weighted by Crippen LogP contribution is -2.37. The van der Waals surface area contributed by atoms with Crippen LogP contribution in [0.2, 0.25) is 0 Å². The molecule has 0 aromatic heterocycles. The molecule has 0 bridgehead atoms. The van der Waals surface area contributed by atoms with Crippen LogP contribution in [0.25, 0.3) is 10.8 Å². The molecular weight excluding hydrogens is 358 g/mol. The smallest absolute Gasteiger partial charge is 0.335 e. The van der Waals surface area contributed by atoms with Gasteiger partial charge in [-0.25, -0.2) is 10.2 Å². The van der Waals surface area contributed by atoms with Crippen LogP contribution in [-0.2, 0) is 4.79 Å². The fourth-order valence-corrected chi connectivity index (χ4v) is 3.21. The number of carboxylic acids is 1. The maximum Gasteiger partial charge on any atom is 0.335 e. The zero-order chi connectivity index (χ0) is 19.7. The molecule has 0 saturated carbocycles. The normalized spacial score (nSPS) is 12.7. The number of carbonyl (C=O) groups is 3. The highest BCUT2D eigenvalue weighted by Crippen LogP contribution is 2.36. The quantitative estimate of drug-likeness (QED) is 0.530. The SMILES string of the molecule is O=C(CN1C(=O)c2cccc3cccc1c23)N/N=C/c1ccc(C(=O)O)cc1. The van der Waals surface area contributed by atoms with Crippen molar-refractivity contribution < 1.29 is 19.5 Å². The van der Waals surface area contributed by atoms with E-state index < -0.39 is 11.9 Å². The molecule has 7 heteroatoms. The zero-order valence-corrected chi connectivity index (χ0v) is 14.6. The van der Waals surface area contributed by atoms with Gasteiger partial charge in [-0.05, 0) is 35.2 Å². The van der Waals surface area contributed by atoms with Crippen molar-refractivity contribution in [2.75, 3.05) is 11.4 Å². The minimum atomic E-state index is -1.01. The summed E-state index contributed by atoms with van der Waals surface area (Å²) in [5, 5.41) is 14.6. The van der Waals surface area contributed by atoms with Gasteiger partial charge in [0.15, 0.2) is 0 Å². The van der Waals surface area contributed by atoms with Gasteiger partial charge in [0, 0.05) is 10.9 Å². The van der Waals surface area contributed by atoms with E-state index in [0.29, 0.717) is 16.8 Å². The van der Waals surface area contributed by atoms with E-state index in [1.54, 1.807) is 18.2 Å². The fourth-order valence-electron chi connectivity index (χ4n) is 3.21. The topological polar surface area (TPSA) is 99.1 Å². The van der Waals surface area contributed by atoms with E-state index in [0.717, 1.165) is 10.8 Å². The second kappa shape index (κ2) is 6.96. The molecule has 3 aromatic carbocycles. The molecule has 2 N–H and O–H groups in total. The first-order valence-electron chi connectivity index (χ1n) is 8.53. The first-order valence-corrected chi connectivity index (χ1v) is 8.53. The van der Waals surface area contributed by atoms with Gasteiger partial charge in [-0.1, -0.05) is 36.4 Å². The lowest BCUT2D eigenvalue weighted by atomic mass is 10.1. The molecule has 1 heterocycles. The Morgan fingerprint density at radius 1 is 1.04 bits per heavy atom. The lowest BCUT2D eigenvalue weighted by Gasteiger charge is -2.16. The second-order valence-corrected chi connectivity index (χ2v) is 6.29. The lowest BCUT2D eigenvalue weighted by molar-refractivity contribution is -0.119. The average Bonchev–Trinajstić information content (AvgIpc) is 2.96. The van der Waals surface area contributed by atoms with Crippen LogP contribution in [0.15, 0.2) is 65.8 Å². The standard InChI is InChI=1S/C21H15N3O4/c25-18(23-22-11-13-7-9-15(10-8-13)21(27)28)12-24-17-6-2-4-14-3-1-5-16(19(14)17)20(24)26/h1-11H,12H2,(H,23,25)(H,27,28)/b22-11+. The first-order chi connectivity index (χ1) is 13.5. The molecule has 0 atom stereocenters. The van der Waals surface area contributed by atoms with E-state index in [1.165, 1.54) is 23.2 Å². The van der Waals surface area contributed by atoms with Crippen LogP contribution in [0.1, 0.15) is 26.3 Å². The molecule has 1 aliphatic rings. The van der Waals surface area contributed by atoms with Gasteiger partial charge in [0.2, 0.25) is 0 Å². The van der Waals surface area contributed by atoms with Crippen LogP contribution in [0, 0.1) is 0 Å². The molecule has 0 unspecified atom stereocenters. The first kappa shape index (κ1) is 17.4. The molecule has 138 valence electrons. The Bertz CT molecular complexity index is 1130. The number of hydrogen-bond donors (Lipinski definition) is 2. The number of aromatic carboxylic acids is 1. The Morgan fingerprint density at radius 3 is 2.46 bits per heavy atom. The monoisotopic (exact) mass is 373 g/mol. The van der Waals surface area contributed by atoms with Crippen LogP contribution < -0.4 is 10.3 Å². The number of benzene rings is 3. The van der Waals surface area contributed by atoms with Crippen molar-refractivity contribution in [3.05, 3.63) is 77.4 Å². The number of carboxylic acid groups (broad SMARTS) is 1. The second-order valence-electron chi connectivity index (χ2n) is 6.29. The highest BCUT2D eigenvalue weighted by atomic mass is 16.4. The fraction of sp³-hybridized carbons (Fsp3) is 0.0476. The molecule has 0 spiro atoms. The Morgan fingerprint density at radius 2 is 1.75 bits per heavy atom. The van der Waals surface area contributed by atoms with Gasteiger partial charge in [-0.3, -0.25) is 14.5 Å². The van der Waals surface area contributed by atoms with E-state index in [1.807, 2.05) is 30.3 Å². The van der Waals surface area contributed by atoms with Crippen molar-refractivity contribution in [2.45, 2.75) is 0 Å². The number of anilines is 1.